The Labute approximate surface area is 127 Å². The van der Waals surface area contributed by atoms with Crippen LogP contribution < -0.4 is 0 Å². The van der Waals surface area contributed by atoms with Gasteiger partial charge < -0.3 is 9.64 Å². The summed E-state index contributed by atoms with van der Waals surface area (Å²) in [5.41, 5.74) is 1.73. The molecule has 0 aliphatic heterocycles. The topological polar surface area (TPSA) is 46.6 Å². The second-order valence-electron chi connectivity index (χ2n) is 4.80. The minimum absolute atomic E-state index is 0.0392. The van der Waals surface area contributed by atoms with E-state index in [1.165, 1.54) is 0 Å². The zero-order chi connectivity index (χ0) is 14.5. The average molecular weight is 340 g/mol. The van der Waals surface area contributed by atoms with Gasteiger partial charge in [0.2, 0.25) is 0 Å². The monoisotopic (exact) mass is 339 g/mol. The van der Waals surface area contributed by atoms with E-state index in [0.717, 1.165) is 23.7 Å². The van der Waals surface area contributed by atoms with Crippen molar-refractivity contribution in [3.8, 4) is 0 Å². The molecular weight excluding hydrogens is 322 g/mol. The summed E-state index contributed by atoms with van der Waals surface area (Å²) in [7, 11) is 0. The lowest BCUT2D eigenvalue weighted by atomic mass is 10.1. The van der Waals surface area contributed by atoms with Crippen LogP contribution in [0.25, 0.3) is 0 Å². The first-order valence-corrected chi connectivity index (χ1v) is 7.89. The molecule has 1 amide bonds. The van der Waals surface area contributed by atoms with Gasteiger partial charge >= 0.3 is 5.97 Å². The molecule has 108 valence electrons. The van der Waals surface area contributed by atoms with E-state index < -0.39 is 0 Å². The molecule has 2 rings (SSSR count). The normalized spacial score (nSPS) is 13.9. The number of benzene rings is 1. The molecule has 5 heteroatoms. The Balaban J connectivity index is 2.07. The summed E-state index contributed by atoms with van der Waals surface area (Å²) in [4.78, 5) is 25.7. The number of ether oxygens (including phenoxy) is 1. The maximum absolute atomic E-state index is 12.5. The second-order valence-corrected chi connectivity index (χ2v) is 5.36. The van der Waals surface area contributed by atoms with Crippen LogP contribution in [0, 0.1) is 0 Å². The molecular formula is C15H18BrNO3. The van der Waals surface area contributed by atoms with Crippen molar-refractivity contribution >= 4 is 27.8 Å². The maximum atomic E-state index is 12.5. The van der Waals surface area contributed by atoms with Gasteiger partial charge in [0.05, 0.1) is 6.61 Å². The molecule has 0 spiro atoms. The molecule has 0 unspecified atom stereocenters. The van der Waals surface area contributed by atoms with Gasteiger partial charge in [-0.15, -0.1) is 0 Å². The van der Waals surface area contributed by atoms with Gasteiger partial charge in [0, 0.05) is 16.9 Å². The maximum Gasteiger partial charge on any atom is 0.325 e. The first-order chi connectivity index (χ1) is 9.65. The number of hydrogen-bond donors (Lipinski definition) is 0. The lowest BCUT2D eigenvalue weighted by Crippen LogP contribution is -2.38. The summed E-state index contributed by atoms with van der Waals surface area (Å²) >= 11 is 3.37. The van der Waals surface area contributed by atoms with Gasteiger partial charge in [-0.05, 0) is 37.5 Å². The number of halogens is 1. The second kappa shape index (κ2) is 6.88. The van der Waals surface area contributed by atoms with Crippen LogP contribution in [0.15, 0.2) is 24.3 Å². The average Bonchev–Trinajstić information content (AvgIpc) is 3.29. The molecule has 1 aromatic carbocycles. The molecule has 0 radical (unpaired) electrons. The standard InChI is InChI=1S/C15H18BrNO3/c1-2-20-14(18)10-17(13-7-8-13)15(19)12-5-3-11(9-16)4-6-12/h3-6,13H,2,7-10H2,1H3. The lowest BCUT2D eigenvalue weighted by molar-refractivity contribution is -0.144. The van der Waals surface area contributed by atoms with Gasteiger partial charge in [-0.3, -0.25) is 9.59 Å². The molecule has 1 aliphatic carbocycles. The fourth-order valence-electron chi connectivity index (χ4n) is 2.00. The van der Waals surface area contributed by atoms with Crippen molar-refractivity contribution in [2.24, 2.45) is 0 Å². The Hall–Kier alpha value is -1.36. The van der Waals surface area contributed by atoms with Crippen molar-refractivity contribution in [1.29, 1.82) is 0 Å². The highest BCUT2D eigenvalue weighted by Gasteiger charge is 2.34. The van der Waals surface area contributed by atoms with Gasteiger partial charge in [0.1, 0.15) is 6.54 Å². The predicted molar refractivity (Wildman–Crippen MR) is 79.8 cm³/mol. The third-order valence-corrected chi connectivity index (χ3v) is 3.86. The fourth-order valence-corrected chi connectivity index (χ4v) is 2.37. The number of carbonyl (C=O) groups is 2. The fraction of sp³-hybridized carbons (Fsp3) is 0.467. The zero-order valence-electron chi connectivity index (χ0n) is 11.5. The molecule has 1 saturated carbocycles. The van der Waals surface area contributed by atoms with Crippen LogP contribution in [0.4, 0.5) is 0 Å². The number of rotatable bonds is 6. The van der Waals surface area contributed by atoms with Gasteiger partial charge in [-0.2, -0.15) is 0 Å². The molecule has 0 atom stereocenters. The molecule has 1 aromatic rings. The Kier molecular flexibility index (Phi) is 5.17. The summed E-state index contributed by atoms with van der Waals surface area (Å²) in [6.07, 6.45) is 1.93. The van der Waals surface area contributed by atoms with Crippen molar-refractivity contribution in [3.05, 3.63) is 35.4 Å². The van der Waals surface area contributed by atoms with E-state index in [-0.39, 0.29) is 24.5 Å². The van der Waals surface area contributed by atoms with E-state index in [4.69, 9.17) is 4.74 Å². The van der Waals surface area contributed by atoms with Gasteiger partial charge in [-0.1, -0.05) is 28.1 Å². The molecule has 1 fully saturated rings. The zero-order valence-corrected chi connectivity index (χ0v) is 13.1. The summed E-state index contributed by atoms with van der Waals surface area (Å²) in [6.45, 7) is 2.14. The largest absolute Gasteiger partial charge is 0.465 e. The van der Waals surface area contributed by atoms with Gasteiger partial charge in [-0.25, -0.2) is 0 Å². The third-order valence-electron chi connectivity index (χ3n) is 3.21. The number of carbonyl (C=O) groups excluding carboxylic acids is 2. The summed E-state index contributed by atoms with van der Waals surface area (Å²) < 4.78 is 4.93. The number of amides is 1. The van der Waals surface area contributed by atoms with E-state index in [1.807, 2.05) is 12.1 Å². The minimum Gasteiger partial charge on any atom is -0.465 e. The van der Waals surface area contributed by atoms with E-state index in [9.17, 15) is 9.59 Å². The van der Waals surface area contributed by atoms with E-state index in [2.05, 4.69) is 15.9 Å². The Morgan fingerprint density at radius 1 is 1.30 bits per heavy atom. The highest BCUT2D eigenvalue weighted by molar-refractivity contribution is 9.08. The molecule has 0 heterocycles. The first kappa shape index (κ1) is 15.0. The van der Waals surface area contributed by atoms with Gasteiger partial charge in [0.15, 0.2) is 0 Å². The van der Waals surface area contributed by atoms with Crippen molar-refractivity contribution < 1.29 is 14.3 Å². The highest BCUT2D eigenvalue weighted by Crippen LogP contribution is 2.28. The van der Waals surface area contributed by atoms with Gasteiger partial charge in [0.25, 0.3) is 5.91 Å². The number of alkyl halides is 1. The molecule has 0 N–H and O–H groups in total. The molecule has 0 aromatic heterocycles. The smallest absolute Gasteiger partial charge is 0.325 e. The molecule has 4 nitrogen and oxygen atoms in total. The van der Waals surface area contributed by atoms with Crippen LogP contribution in [0.5, 0.6) is 0 Å². The van der Waals surface area contributed by atoms with E-state index in [0.29, 0.717) is 12.2 Å². The molecule has 20 heavy (non-hydrogen) atoms. The predicted octanol–water partition coefficient (Wildman–Crippen LogP) is 2.75. The van der Waals surface area contributed by atoms with Crippen molar-refractivity contribution in [2.75, 3.05) is 13.2 Å². The number of esters is 1. The molecule has 1 aliphatic rings. The van der Waals surface area contributed by atoms with Crippen LogP contribution in [0.1, 0.15) is 35.7 Å². The van der Waals surface area contributed by atoms with Crippen molar-refractivity contribution in [3.63, 3.8) is 0 Å². The van der Waals surface area contributed by atoms with Crippen LogP contribution in [-0.2, 0) is 14.9 Å². The Morgan fingerprint density at radius 2 is 1.95 bits per heavy atom. The van der Waals surface area contributed by atoms with Crippen molar-refractivity contribution in [2.45, 2.75) is 31.1 Å². The first-order valence-electron chi connectivity index (χ1n) is 6.77. The van der Waals surface area contributed by atoms with E-state index in [1.54, 1.807) is 24.0 Å². The lowest BCUT2D eigenvalue weighted by Gasteiger charge is -2.21. The van der Waals surface area contributed by atoms with Crippen molar-refractivity contribution in [1.82, 2.24) is 4.90 Å². The number of hydrogen-bond acceptors (Lipinski definition) is 3. The van der Waals surface area contributed by atoms with Crippen LogP contribution in [-0.4, -0.2) is 36.0 Å². The number of nitrogens with zero attached hydrogens (tertiary/aromatic N) is 1. The minimum atomic E-state index is -0.343. The summed E-state index contributed by atoms with van der Waals surface area (Å²) in [6, 6.07) is 7.62. The Bertz CT molecular complexity index is 482. The summed E-state index contributed by atoms with van der Waals surface area (Å²) in [5, 5.41) is 0.761. The Morgan fingerprint density at radius 3 is 2.45 bits per heavy atom. The van der Waals surface area contributed by atoms with Crippen LogP contribution in [0.2, 0.25) is 0 Å². The highest BCUT2D eigenvalue weighted by atomic mass is 79.9. The van der Waals surface area contributed by atoms with Crippen LogP contribution >= 0.6 is 15.9 Å². The SMILES string of the molecule is CCOC(=O)CN(C(=O)c1ccc(CBr)cc1)C1CC1. The summed E-state index contributed by atoms with van der Waals surface area (Å²) in [5.74, 6) is -0.438. The molecule has 0 bridgehead atoms. The quantitative estimate of drug-likeness (QED) is 0.591. The van der Waals surface area contributed by atoms with Crippen LogP contribution in [0.3, 0.4) is 0 Å². The molecule has 0 saturated heterocycles. The third kappa shape index (κ3) is 3.82. The van der Waals surface area contributed by atoms with E-state index >= 15 is 0 Å².